The molecule has 1 aliphatic heterocycles. The molecule has 0 unspecified atom stereocenters. The van der Waals surface area contributed by atoms with Crippen LogP contribution in [0, 0.1) is 11.7 Å². The lowest BCUT2D eigenvalue weighted by Crippen LogP contribution is -2.38. The molecule has 6 nitrogen and oxygen atoms in total. The zero-order valence-electron chi connectivity index (χ0n) is 17.9. The third-order valence-electron chi connectivity index (χ3n) is 5.29. The standard InChI is InChI=1S/C22H29FN4O2/c1-13(2)17-12-29-21(28)27(17)20-16(23)11-25-19(26-20)9-14(3)15-7-8-18(24-10-15)22(4,5)6/h7-8,10-11,13-14,17H,9,12H2,1-6H3/t14-,17-/m1/s1. The quantitative estimate of drug-likeness (QED) is 0.732. The fraction of sp³-hybridized carbons (Fsp3) is 0.545. The van der Waals surface area contributed by atoms with Crippen molar-refractivity contribution in [3.8, 4) is 0 Å². The summed E-state index contributed by atoms with van der Waals surface area (Å²) in [5, 5.41) is 0. The number of halogens is 1. The molecule has 1 saturated heterocycles. The fourth-order valence-corrected chi connectivity index (χ4v) is 3.36. The molecule has 0 N–H and O–H groups in total. The van der Waals surface area contributed by atoms with Gasteiger partial charge in [-0.3, -0.25) is 9.88 Å². The molecule has 2 atom stereocenters. The number of ether oxygens (including phenoxy) is 1. The zero-order valence-corrected chi connectivity index (χ0v) is 17.9. The second kappa shape index (κ2) is 8.05. The molecule has 3 heterocycles. The van der Waals surface area contributed by atoms with Crippen LogP contribution in [0.2, 0.25) is 0 Å². The fourth-order valence-electron chi connectivity index (χ4n) is 3.36. The van der Waals surface area contributed by atoms with Crippen molar-refractivity contribution in [1.82, 2.24) is 15.0 Å². The summed E-state index contributed by atoms with van der Waals surface area (Å²) >= 11 is 0. The molecular weight excluding hydrogens is 371 g/mol. The third-order valence-corrected chi connectivity index (χ3v) is 5.29. The van der Waals surface area contributed by atoms with Gasteiger partial charge in [0.25, 0.3) is 0 Å². The number of aromatic nitrogens is 3. The number of hydrogen-bond donors (Lipinski definition) is 0. The molecule has 3 rings (SSSR count). The lowest BCUT2D eigenvalue weighted by molar-refractivity contribution is 0.177. The van der Waals surface area contributed by atoms with Crippen molar-refractivity contribution in [1.29, 1.82) is 0 Å². The Bertz CT molecular complexity index is 877. The van der Waals surface area contributed by atoms with Crippen LogP contribution in [-0.2, 0) is 16.6 Å². The van der Waals surface area contributed by atoms with E-state index in [1.165, 1.54) is 4.90 Å². The first-order valence-electron chi connectivity index (χ1n) is 10.0. The SMILES string of the molecule is CC(C)[C@H]1COC(=O)N1c1nc(C[C@@H](C)c2ccc(C(C)(C)C)nc2)ncc1F. The smallest absolute Gasteiger partial charge is 0.416 e. The van der Waals surface area contributed by atoms with Crippen molar-refractivity contribution in [3.63, 3.8) is 0 Å². The molecular formula is C22H29FN4O2. The number of anilines is 1. The molecule has 0 radical (unpaired) electrons. The lowest BCUT2D eigenvalue weighted by Gasteiger charge is -2.24. The topological polar surface area (TPSA) is 68.2 Å². The third kappa shape index (κ3) is 4.54. The van der Waals surface area contributed by atoms with Crippen LogP contribution >= 0.6 is 0 Å². The molecule has 0 saturated carbocycles. The Balaban J connectivity index is 1.82. The van der Waals surface area contributed by atoms with Gasteiger partial charge in [-0.2, -0.15) is 0 Å². The first-order chi connectivity index (χ1) is 13.6. The summed E-state index contributed by atoms with van der Waals surface area (Å²) in [6.45, 7) is 12.6. The van der Waals surface area contributed by atoms with E-state index in [-0.39, 0.29) is 35.7 Å². The van der Waals surface area contributed by atoms with E-state index in [0.717, 1.165) is 17.5 Å². The molecule has 1 fully saturated rings. The van der Waals surface area contributed by atoms with E-state index >= 15 is 0 Å². The minimum atomic E-state index is -0.623. The highest BCUT2D eigenvalue weighted by Crippen LogP contribution is 2.29. The highest BCUT2D eigenvalue weighted by molar-refractivity contribution is 5.89. The highest BCUT2D eigenvalue weighted by atomic mass is 19.1. The number of amides is 1. The van der Waals surface area contributed by atoms with Gasteiger partial charge in [0.15, 0.2) is 11.6 Å². The number of carbonyl (C=O) groups is 1. The van der Waals surface area contributed by atoms with Crippen molar-refractivity contribution >= 4 is 11.9 Å². The number of pyridine rings is 1. The predicted octanol–water partition coefficient (Wildman–Crippen LogP) is 4.64. The summed E-state index contributed by atoms with van der Waals surface area (Å²) in [6, 6.07) is 3.86. The van der Waals surface area contributed by atoms with Gasteiger partial charge < -0.3 is 4.74 Å². The molecule has 2 aromatic rings. The maximum Gasteiger partial charge on any atom is 0.416 e. The van der Waals surface area contributed by atoms with E-state index in [1.54, 1.807) is 0 Å². The average molecular weight is 400 g/mol. The van der Waals surface area contributed by atoms with Crippen LogP contribution in [0.5, 0.6) is 0 Å². The van der Waals surface area contributed by atoms with Gasteiger partial charge in [-0.15, -0.1) is 0 Å². The number of nitrogens with zero attached hydrogens (tertiary/aromatic N) is 4. The number of carbonyl (C=O) groups excluding carboxylic acids is 1. The van der Waals surface area contributed by atoms with Gasteiger partial charge in [-0.25, -0.2) is 19.2 Å². The van der Waals surface area contributed by atoms with E-state index in [4.69, 9.17) is 4.74 Å². The van der Waals surface area contributed by atoms with Crippen LogP contribution in [-0.4, -0.2) is 33.7 Å². The second-order valence-electron chi connectivity index (χ2n) is 9.05. The zero-order chi connectivity index (χ0) is 21.3. The van der Waals surface area contributed by atoms with E-state index in [9.17, 15) is 9.18 Å². The molecule has 1 amide bonds. The predicted molar refractivity (Wildman–Crippen MR) is 109 cm³/mol. The average Bonchev–Trinajstić information content (AvgIpc) is 3.04. The minimum absolute atomic E-state index is 0.00592. The summed E-state index contributed by atoms with van der Waals surface area (Å²) < 4.78 is 19.6. The van der Waals surface area contributed by atoms with Gasteiger partial charge in [0.1, 0.15) is 12.4 Å². The van der Waals surface area contributed by atoms with Gasteiger partial charge in [0.05, 0.1) is 12.2 Å². The van der Waals surface area contributed by atoms with Crippen molar-refractivity contribution in [2.75, 3.05) is 11.5 Å². The molecule has 0 spiro atoms. The van der Waals surface area contributed by atoms with Crippen molar-refractivity contribution in [2.24, 2.45) is 5.92 Å². The molecule has 1 aliphatic rings. The Morgan fingerprint density at radius 1 is 1.21 bits per heavy atom. The Hall–Kier alpha value is -2.57. The maximum atomic E-state index is 14.5. The van der Waals surface area contributed by atoms with Gasteiger partial charge in [0, 0.05) is 23.7 Å². The highest BCUT2D eigenvalue weighted by Gasteiger charge is 2.38. The van der Waals surface area contributed by atoms with Gasteiger partial charge in [-0.1, -0.05) is 47.6 Å². The van der Waals surface area contributed by atoms with E-state index in [2.05, 4.69) is 48.7 Å². The van der Waals surface area contributed by atoms with Gasteiger partial charge >= 0.3 is 6.09 Å². The van der Waals surface area contributed by atoms with Crippen LogP contribution in [0.4, 0.5) is 15.0 Å². The van der Waals surface area contributed by atoms with Crippen LogP contribution < -0.4 is 4.90 Å². The summed E-state index contributed by atoms with van der Waals surface area (Å²) in [7, 11) is 0. The molecule has 0 aliphatic carbocycles. The van der Waals surface area contributed by atoms with Crippen molar-refractivity contribution < 1.29 is 13.9 Å². The maximum absolute atomic E-state index is 14.5. The number of hydrogen-bond acceptors (Lipinski definition) is 5. The Morgan fingerprint density at radius 3 is 2.52 bits per heavy atom. The lowest BCUT2D eigenvalue weighted by atomic mass is 9.90. The largest absolute Gasteiger partial charge is 0.447 e. The van der Waals surface area contributed by atoms with Gasteiger partial charge in [0.2, 0.25) is 0 Å². The molecule has 7 heteroatoms. The second-order valence-corrected chi connectivity index (χ2v) is 9.05. The molecule has 0 bridgehead atoms. The summed E-state index contributed by atoms with van der Waals surface area (Å²) in [5.41, 5.74) is 2.09. The molecule has 0 aromatic carbocycles. The van der Waals surface area contributed by atoms with E-state index in [1.807, 2.05) is 26.1 Å². The Kier molecular flexibility index (Phi) is 5.87. The first kappa shape index (κ1) is 21.1. The van der Waals surface area contributed by atoms with E-state index < -0.39 is 11.9 Å². The van der Waals surface area contributed by atoms with Crippen LogP contribution in [0.1, 0.15) is 64.5 Å². The van der Waals surface area contributed by atoms with Crippen molar-refractivity contribution in [2.45, 2.75) is 65.3 Å². The van der Waals surface area contributed by atoms with Crippen molar-refractivity contribution in [3.05, 3.63) is 47.4 Å². The Morgan fingerprint density at radius 2 is 1.93 bits per heavy atom. The minimum Gasteiger partial charge on any atom is -0.447 e. The normalized spacial score (nSPS) is 18.3. The molecule has 156 valence electrons. The first-order valence-corrected chi connectivity index (χ1v) is 10.0. The number of rotatable bonds is 5. The molecule has 29 heavy (non-hydrogen) atoms. The Labute approximate surface area is 171 Å². The van der Waals surface area contributed by atoms with Crippen LogP contribution in [0.25, 0.3) is 0 Å². The van der Waals surface area contributed by atoms with Crippen LogP contribution in [0.3, 0.4) is 0 Å². The number of cyclic esters (lactones) is 1. The molecule has 2 aromatic heterocycles. The van der Waals surface area contributed by atoms with Gasteiger partial charge in [-0.05, 0) is 23.5 Å². The summed E-state index contributed by atoms with van der Waals surface area (Å²) in [6.07, 6.45) is 2.96. The van der Waals surface area contributed by atoms with E-state index in [0.29, 0.717) is 12.2 Å². The summed E-state index contributed by atoms with van der Waals surface area (Å²) in [4.78, 5) is 26.6. The monoisotopic (exact) mass is 400 g/mol. The summed E-state index contributed by atoms with van der Waals surface area (Å²) in [5.74, 6) is 0.0644. The van der Waals surface area contributed by atoms with Crippen LogP contribution in [0.15, 0.2) is 24.5 Å².